The van der Waals surface area contributed by atoms with Gasteiger partial charge >= 0.3 is 0 Å². The van der Waals surface area contributed by atoms with Crippen molar-refractivity contribution < 1.29 is 14.3 Å². The van der Waals surface area contributed by atoms with E-state index in [-0.39, 0.29) is 5.91 Å². The van der Waals surface area contributed by atoms with Gasteiger partial charge < -0.3 is 19.8 Å². The topological polar surface area (TPSA) is 105 Å². The van der Waals surface area contributed by atoms with Crippen LogP contribution in [0.3, 0.4) is 0 Å². The lowest BCUT2D eigenvalue weighted by Gasteiger charge is -2.26. The molecular weight excluding hydrogens is 452 g/mol. The number of imidazole rings is 1. The maximum absolute atomic E-state index is 12.9. The van der Waals surface area contributed by atoms with Gasteiger partial charge in [-0.05, 0) is 35.7 Å². The molecule has 34 heavy (non-hydrogen) atoms. The van der Waals surface area contributed by atoms with Gasteiger partial charge in [-0.15, -0.1) is 11.3 Å². The Morgan fingerprint density at radius 1 is 1.18 bits per heavy atom. The number of aromatic nitrogens is 4. The Morgan fingerprint density at radius 3 is 2.82 bits per heavy atom. The highest BCUT2D eigenvalue weighted by atomic mass is 32.1. The standard InChI is InChI=1S/C24H26N6O3S/c31-24(26-7-5-18-15-25-16-27-18)21-22-20(6-14-34-22)28-23(29-21)17-1-3-19(4-2-17)33-13-10-30-8-11-32-12-9-30/h1-4,6,14-16H,5,7-13H2,(H,25,27)(H,26,31). The Labute approximate surface area is 201 Å². The zero-order valence-corrected chi connectivity index (χ0v) is 19.5. The van der Waals surface area contributed by atoms with Crippen molar-refractivity contribution in [3.05, 3.63) is 59.6 Å². The molecule has 1 aliphatic heterocycles. The number of ether oxygens (including phenoxy) is 2. The average molecular weight is 479 g/mol. The number of nitrogens with one attached hydrogen (secondary N) is 2. The number of rotatable bonds is 9. The summed E-state index contributed by atoms with van der Waals surface area (Å²) < 4.78 is 12.1. The summed E-state index contributed by atoms with van der Waals surface area (Å²) in [4.78, 5) is 31.6. The second-order valence-electron chi connectivity index (χ2n) is 7.94. The van der Waals surface area contributed by atoms with E-state index in [0.717, 1.165) is 60.1 Å². The second kappa shape index (κ2) is 10.7. The normalized spacial score (nSPS) is 14.4. The van der Waals surface area contributed by atoms with Crippen LogP contribution < -0.4 is 10.1 Å². The van der Waals surface area contributed by atoms with Crippen molar-refractivity contribution in [1.82, 2.24) is 30.2 Å². The van der Waals surface area contributed by atoms with Gasteiger partial charge in [0.05, 0.1) is 29.8 Å². The average Bonchev–Trinajstić information content (AvgIpc) is 3.57. The number of amides is 1. The summed E-state index contributed by atoms with van der Waals surface area (Å²) in [7, 11) is 0. The van der Waals surface area contributed by atoms with E-state index in [1.54, 1.807) is 12.5 Å². The summed E-state index contributed by atoms with van der Waals surface area (Å²) in [6.45, 7) is 5.46. The van der Waals surface area contributed by atoms with Crippen molar-refractivity contribution in [2.75, 3.05) is 46.0 Å². The SMILES string of the molecule is O=C(NCCc1cnc[nH]1)c1nc(-c2ccc(OCCN3CCOCC3)cc2)nc2ccsc12. The van der Waals surface area contributed by atoms with E-state index in [2.05, 4.69) is 30.2 Å². The Hall–Kier alpha value is -3.34. The highest BCUT2D eigenvalue weighted by molar-refractivity contribution is 7.17. The Kier molecular flexibility index (Phi) is 7.08. The number of H-pyrrole nitrogens is 1. The van der Waals surface area contributed by atoms with Crippen LogP contribution in [-0.2, 0) is 11.2 Å². The van der Waals surface area contributed by atoms with Crippen molar-refractivity contribution in [3.8, 4) is 17.1 Å². The Morgan fingerprint density at radius 2 is 2.03 bits per heavy atom. The van der Waals surface area contributed by atoms with Crippen LogP contribution in [0.25, 0.3) is 21.6 Å². The van der Waals surface area contributed by atoms with Crippen LogP contribution in [0.2, 0.25) is 0 Å². The van der Waals surface area contributed by atoms with Crippen LogP contribution in [0.5, 0.6) is 5.75 Å². The molecule has 0 saturated carbocycles. The predicted octanol–water partition coefficient (Wildman–Crippen LogP) is 2.76. The van der Waals surface area contributed by atoms with E-state index in [0.29, 0.717) is 31.1 Å². The number of thiophene rings is 1. The van der Waals surface area contributed by atoms with E-state index in [1.807, 2.05) is 35.7 Å². The van der Waals surface area contributed by atoms with Crippen molar-refractivity contribution in [2.45, 2.75) is 6.42 Å². The molecule has 176 valence electrons. The first kappa shape index (κ1) is 22.5. The smallest absolute Gasteiger partial charge is 0.271 e. The maximum Gasteiger partial charge on any atom is 0.271 e. The first-order valence-corrected chi connectivity index (χ1v) is 12.2. The van der Waals surface area contributed by atoms with Crippen molar-refractivity contribution in [3.63, 3.8) is 0 Å². The van der Waals surface area contributed by atoms with E-state index >= 15 is 0 Å². The zero-order valence-electron chi connectivity index (χ0n) is 18.7. The number of carbonyl (C=O) groups excluding carboxylic acids is 1. The van der Waals surface area contributed by atoms with Crippen LogP contribution in [0.15, 0.2) is 48.2 Å². The minimum absolute atomic E-state index is 0.210. The van der Waals surface area contributed by atoms with Crippen molar-refractivity contribution in [2.24, 2.45) is 0 Å². The molecule has 1 fully saturated rings. The summed E-state index contributed by atoms with van der Waals surface area (Å²) in [5, 5.41) is 4.88. The highest BCUT2D eigenvalue weighted by Gasteiger charge is 2.17. The lowest BCUT2D eigenvalue weighted by molar-refractivity contribution is 0.0322. The first-order chi connectivity index (χ1) is 16.8. The van der Waals surface area contributed by atoms with Gasteiger partial charge in [-0.1, -0.05) is 0 Å². The molecule has 10 heteroatoms. The lowest BCUT2D eigenvalue weighted by Crippen LogP contribution is -2.38. The number of hydrogen-bond acceptors (Lipinski definition) is 8. The third kappa shape index (κ3) is 5.41. The molecule has 9 nitrogen and oxygen atoms in total. The van der Waals surface area contributed by atoms with Gasteiger partial charge in [-0.2, -0.15) is 0 Å². The molecule has 0 spiro atoms. The third-order valence-electron chi connectivity index (χ3n) is 5.65. The fourth-order valence-electron chi connectivity index (χ4n) is 3.78. The molecule has 0 aliphatic carbocycles. The molecule has 0 unspecified atom stereocenters. The molecule has 5 rings (SSSR count). The van der Waals surface area contributed by atoms with E-state index in [9.17, 15) is 4.79 Å². The largest absolute Gasteiger partial charge is 0.492 e. The highest BCUT2D eigenvalue weighted by Crippen LogP contribution is 2.27. The summed E-state index contributed by atoms with van der Waals surface area (Å²) in [5.41, 5.74) is 2.96. The molecule has 3 aromatic heterocycles. The number of hydrogen-bond donors (Lipinski definition) is 2. The van der Waals surface area contributed by atoms with Gasteiger partial charge in [0.25, 0.3) is 5.91 Å². The lowest BCUT2D eigenvalue weighted by atomic mass is 10.2. The molecule has 1 saturated heterocycles. The van der Waals surface area contributed by atoms with Crippen LogP contribution in [-0.4, -0.2) is 76.7 Å². The third-order valence-corrected chi connectivity index (χ3v) is 6.56. The molecule has 0 bridgehead atoms. The zero-order chi connectivity index (χ0) is 23.2. The van der Waals surface area contributed by atoms with Crippen LogP contribution in [0.4, 0.5) is 0 Å². The fraction of sp³-hybridized carbons (Fsp3) is 0.333. The Bertz CT molecular complexity index is 1220. The van der Waals surface area contributed by atoms with Gasteiger partial charge in [0.1, 0.15) is 18.1 Å². The Balaban J connectivity index is 1.25. The van der Waals surface area contributed by atoms with Crippen LogP contribution >= 0.6 is 11.3 Å². The van der Waals surface area contributed by atoms with E-state index in [1.165, 1.54) is 11.3 Å². The molecule has 1 amide bonds. The van der Waals surface area contributed by atoms with Crippen LogP contribution in [0, 0.1) is 0 Å². The summed E-state index contributed by atoms with van der Waals surface area (Å²) in [6.07, 6.45) is 4.05. The van der Waals surface area contributed by atoms with Gasteiger partial charge in [0, 0.05) is 50.1 Å². The van der Waals surface area contributed by atoms with Gasteiger partial charge in [-0.3, -0.25) is 9.69 Å². The number of carbonyl (C=O) groups is 1. The molecule has 2 N–H and O–H groups in total. The van der Waals surface area contributed by atoms with E-state index in [4.69, 9.17) is 9.47 Å². The van der Waals surface area contributed by atoms with Gasteiger partial charge in [0.2, 0.25) is 0 Å². The number of nitrogens with zero attached hydrogens (tertiary/aromatic N) is 4. The molecular formula is C24H26N6O3S. The minimum Gasteiger partial charge on any atom is -0.492 e. The summed E-state index contributed by atoms with van der Waals surface area (Å²) >= 11 is 1.47. The number of morpholine rings is 1. The number of fused-ring (bicyclic) bond motifs is 1. The molecule has 1 aromatic carbocycles. The van der Waals surface area contributed by atoms with Crippen molar-refractivity contribution >= 4 is 27.5 Å². The predicted molar refractivity (Wildman–Crippen MR) is 130 cm³/mol. The molecule has 1 aliphatic rings. The molecule has 0 atom stereocenters. The summed E-state index contributed by atoms with van der Waals surface area (Å²) in [5.74, 6) is 1.11. The summed E-state index contributed by atoms with van der Waals surface area (Å²) in [6, 6.07) is 9.60. The van der Waals surface area contributed by atoms with Gasteiger partial charge in [-0.25, -0.2) is 15.0 Å². The van der Waals surface area contributed by atoms with E-state index < -0.39 is 0 Å². The molecule has 4 heterocycles. The second-order valence-corrected chi connectivity index (χ2v) is 8.86. The maximum atomic E-state index is 12.9. The quantitative estimate of drug-likeness (QED) is 0.381. The number of benzene rings is 1. The van der Waals surface area contributed by atoms with Crippen LogP contribution in [0.1, 0.15) is 16.2 Å². The molecule has 4 aromatic rings. The number of aromatic amines is 1. The first-order valence-electron chi connectivity index (χ1n) is 11.3. The fourth-order valence-corrected chi connectivity index (χ4v) is 4.60. The minimum atomic E-state index is -0.210. The monoisotopic (exact) mass is 478 g/mol. The van der Waals surface area contributed by atoms with Gasteiger partial charge in [0.15, 0.2) is 5.82 Å². The van der Waals surface area contributed by atoms with Crippen molar-refractivity contribution in [1.29, 1.82) is 0 Å². The molecule has 0 radical (unpaired) electrons.